The van der Waals surface area contributed by atoms with Gasteiger partial charge in [-0.1, -0.05) is 0 Å². The van der Waals surface area contributed by atoms with Gasteiger partial charge in [-0.15, -0.1) is 0 Å². The number of rotatable bonds is 4. The second-order valence-corrected chi connectivity index (χ2v) is 3.76. The number of hydrogen-bond acceptors (Lipinski definition) is 5. The molecule has 0 bridgehead atoms. The Morgan fingerprint density at radius 2 is 2.50 bits per heavy atom. The van der Waals surface area contributed by atoms with Crippen molar-refractivity contribution in [3.05, 3.63) is 0 Å². The maximum absolute atomic E-state index is 11.1. The molecular weight excluding hydrogens is 208 g/mol. The van der Waals surface area contributed by atoms with Gasteiger partial charge < -0.3 is 15.3 Å². The third-order valence-electron chi connectivity index (χ3n) is 2.63. The molecule has 2 atom stereocenters. The van der Waals surface area contributed by atoms with E-state index in [1.54, 1.807) is 6.92 Å². The molecule has 1 aliphatic rings. The van der Waals surface area contributed by atoms with Gasteiger partial charge in [0.2, 0.25) is 0 Å². The molecule has 0 saturated heterocycles. The summed E-state index contributed by atoms with van der Waals surface area (Å²) in [5.74, 6) is -0.693. The third-order valence-corrected chi connectivity index (χ3v) is 2.63. The van der Waals surface area contributed by atoms with E-state index in [9.17, 15) is 9.90 Å². The molecule has 1 rings (SSSR count). The monoisotopic (exact) mass is 226 g/mol. The third kappa shape index (κ3) is 3.41. The fourth-order valence-electron chi connectivity index (χ4n) is 1.83. The van der Waals surface area contributed by atoms with Gasteiger partial charge >= 0.3 is 5.97 Å². The van der Waals surface area contributed by atoms with Crippen LogP contribution in [0.3, 0.4) is 0 Å². The Hall–Kier alpha value is -1.23. The van der Waals surface area contributed by atoms with Gasteiger partial charge in [0.15, 0.2) is 0 Å². The minimum atomic E-state index is -0.535. The van der Waals surface area contributed by atoms with E-state index < -0.39 is 6.10 Å². The summed E-state index contributed by atoms with van der Waals surface area (Å²) in [6, 6.07) is 0. The Morgan fingerprint density at radius 1 is 1.75 bits per heavy atom. The first-order chi connectivity index (χ1) is 7.69. The van der Waals surface area contributed by atoms with Crippen LogP contribution in [0.4, 0.5) is 0 Å². The van der Waals surface area contributed by atoms with Gasteiger partial charge in [0.1, 0.15) is 6.54 Å². The van der Waals surface area contributed by atoms with E-state index in [0.29, 0.717) is 13.0 Å². The number of aliphatic hydroxyl groups excluding tert-OH is 1. The first-order valence-corrected chi connectivity index (χ1v) is 5.56. The summed E-state index contributed by atoms with van der Waals surface area (Å²) in [4.78, 5) is 15.2. The Bertz CT molecular complexity index is 289. The molecule has 0 aliphatic heterocycles. The molecule has 2 unspecified atom stereocenters. The second kappa shape index (κ2) is 6.37. The summed E-state index contributed by atoms with van der Waals surface area (Å²) < 4.78 is 4.76. The summed E-state index contributed by atoms with van der Waals surface area (Å²) in [5, 5.41) is 16.9. The molecule has 0 spiro atoms. The smallest absolute Gasteiger partial charge is 0.327 e. The van der Waals surface area contributed by atoms with Crippen LogP contribution in [0.25, 0.3) is 0 Å². The topological polar surface area (TPSA) is 82.7 Å². The highest BCUT2D eigenvalue weighted by atomic mass is 16.5. The Morgan fingerprint density at radius 3 is 3.12 bits per heavy atom. The highest BCUT2D eigenvalue weighted by Crippen LogP contribution is 2.21. The first kappa shape index (κ1) is 12.8. The average molecular weight is 226 g/mol. The number of nitrogens with zero attached hydrogens (tertiary/aromatic N) is 1. The van der Waals surface area contributed by atoms with Crippen LogP contribution in [0, 0.1) is 11.3 Å². The fraction of sp³-hybridized carbons (Fsp3) is 0.727. The molecule has 0 aromatic rings. The van der Waals surface area contributed by atoms with Crippen LogP contribution in [0.2, 0.25) is 0 Å². The van der Waals surface area contributed by atoms with Crippen LogP contribution in [-0.4, -0.2) is 42.3 Å². The van der Waals surface area contributed by atoms with Gasteiger partial charge in [-0.25, -0.2) is 0 Å². The Kier molecular flexibility index (Phi) is 5.11. The molecule has 0 aromatic heterocycles. The second-order valence-electron chi connectivity index (χ2n) is 3.76. The van der Waals surface area contributed by atoms with Gasteiger partial charge in [-0.3, -0.25) is 9.79 Å². The molecule has 2 N–H and O–H groups in total. The molecule has 0 radical (unpaired) electrons. The molecule has 5 nitrogen and oxygen atoms in total. The lowest BCUT2D eigenvalue weighted by molar-refractivity contribution is -0.141. The maximum atomic E-state index is 11.1. The molecule has 0 heterocycles. The fourth-order valence-corrected chi connectivity index (χ4v) is 1.83. The van der Waals surface area contributed by atoms with E-state index in [1.165, 1.54) is 6.21 Å². The summed E-state index contributed by atoms with van der Waals surface area (Å²) in [5.41, 5.74) is 0.738. The van der Waals surface area contributed by atoms with E-state index in [2.05, 4.69) is 4.99 Å². The molecular formula is C11H18N2O3. The zero-order valence-corrected chi connectivity index (χ0v) is 9.48. The highest BCUT2D eigenvalue weighted by molar-refractivity contribution is 5.99. The number of hydrogen-bond donors (Lipinski definition) is 2. The summed E-state index contributed by atoms with van der Waals surface area (Å²) in [6.45, 7) is 2.08. The Labute approximate surface area is 95.0 Å². The quantitative estimate of drug-likeness (QED) is 0.549. The van der Waals surface area contributed by atoms with Gasteiger partial charge in [0.25, 0.3) is 0 Å². The van der Waals surface area contributed by atoms with Crippen LogP contribution >= 0.6 is 0 Å². The minimum Gasteiger partial charge on any atom is -0.465 e. The largest absolute Gasteiger partial charge is 0.465 e. The molecule has 0 aromatic carbocycles. The van der Waals surface area contributed by atoms with Gasteiger partial charge in [0.05, 0.1) is 18.6 Å². The SMILES string of the molecule is CCOC(=O)CN=C1CCCC(O)C1C=N. The molecule has 16 heavy (non-hydrogen) atoms. The molecule has 1 fully saturated rings. The van der Waals surface area contributed by atoms with Crippen molar-refractivity contribution in [1.29, 1.82) is 5.41 Å². The highest BCUT2D eigenvalue weighted by Gasteiger charge is 2.26. The van der Waals surface area contributed by atoms with E-state index in [4.69, 9.17) is 10.1 Å². The van der Waals surface area contributed by atoms with Crippen molar-refractivity contribution in [2.75, 3.05) is 13.2 Å². The number of aliphatic imine (C=N–C) groups is 1. The zero-order chi connectivity index (χ0) is 12.0. The van der Waals surface area contributed by atoms with Crippen molar-refractivity contribution >= 4 is 17.9 Å². The summed E-state index contributed by atoms with van der Waals surface area (Å²) in [6.07, 6.45) is 2.96. The number of nitrogens with one attached hydrogen (secondary N) is 1. The van der Waals surface area contributed by atoms with Crippen molar-refractivity contribution in [3.63, 3.8) is 0 Å². The van der Waals surface area contributed by atoms with E-state index in [0.717, 1.165) is 18.6 Å². The zero-order valence-electron chi connectivity index (χ0n) is 9.48. The van der Waals surface area contributed by atoms with E-state index >= 15 is 0 Å². The number of esters is 1. The maximum Gasteiger partial charge on any atom is 0.327 e. The number of aliphatic hydroxyl groups is 1. The van der Waals surface area contributed by atoms with Crippen LogP contribution in [-0.2, 0) is 9.53 Å². The first-order valence-electron chi connectivity index (χ1n) is 5.56. The van der Waals surface area contributed by atoms with E-state index in [1.807, 2.05) is 0 Å². The molecule has 90 valence electrons. The lowest BCUT2D eigenvalue weighted by atomic mass is 9.85. The van der Waals surface area contributed by atoms with E-state index in [-0.39, 0.29) is 18.4 Å². The van der Waals surface area contributed by atoms with Crippen LogP contribution in [0.1, 0.15) is 26.2 Å². The van der Waals surface area contributed by atoms with Crippen molar-refractivity contribution in [1.82, 2.24) is 0 Å². The molecule has 1 aliphatic carbocycles. The molecule has 5 heteroatoms. The average Bonchev–Trinajstić information content (AvgIpc) is 2.27. The van der Waals surface area contributed by atoms with Crippen LogP contribution in [0.5, 0.6) is 0 Å². The predicted molar refractivity (Wildman–Crippen MR) is 61.1 cm³/mol. The molecule has 0 amide bonds. The Balaban J connectivity index is 2.58. The lowest BCUT2D eigenvalue weighted by Crippen LogP contribution is -2.34. The summed E-state index contributed by atoms with van der Waals surface area (Å²) >= 11 is 0. The van der Waals surface area contributed by atoms with Gasteiger partial charge in [-0.05, 0) is 26.2 Å². The van der Waals surface area contributed by atoms with Crippen molar-refractivity contribution in [2.24, 2.45) is 10.9 Å². The van der Waals surface area contributed by atoms with Crippen molar-refractivity contribution < 1.29 is 14.6 Å². The lowest BCUT2D eigenvalue weighted by Gasteiger charge is -2.26. The standard InChI is InChI=1S/C11H18N2O3/c1-2-16-11(15)7-13-9-4-3-5-10(14)8(9)6-12/h6,8,10,12,14H,2-5,7H2,1H3. The van der Waals surface area contributed by atoms with Crippen molar-refractivity contribution in [2.45, 2.75) is 32.3 Å². The number of carbonyl (C=O) groups excluding carboxylic acids is 1. The normalized spacial score (nSPS) is 27.8. The number of ether oxygens (including phenoxy) is 1. The van der Waals surface area contributed by atoms with Crippen LogP contribution in [0.15, 0.2) is 4.99 Å². The van der Waals surface area contributed by atoms with Gasteiger partial charge in [-0.2, -0.15) is 0 Å². The minimum absolute atomic E-state index is 0.0137. The van der Waals surface area contributed by atoms with Gasteiger partial charge in [0, 0.05) is 11.9 Å². The van der Waals surface area contributed by atoms with Crippen LogP contribution < -0.4 is 0 Å². The molecule has 1 saturated carbocycles. The summed E-state index contributed by atoms with van der Waals surface area (Å²) in [7, 11) is 0. The van der Waals surface area contributed by atoms with Crippen molar-refractivity contribution in [3.8, 4) is 0 Å². The number of carbonyl (C=O) groups is 1. The predicted octanol–water partition coefficient (Wildman–Crippen LogP) is 0.801.